The average molecular weight is 668 g/mol. The van der Waals surface area contributed by atoms with Gasteiger partial charge in [0.15, 0.2) is 5.82 Å². The minimum Gasteiger partial charge on any atom is -0.472 e. The van der Waals surface area contributed by atoms with Crippen LogP contribution in [0.2, 0.25) is 0 Å². The van der Waals surface area contributed by atoms with Crippen LogP contribution < -0.4 is 25.4 Å². The third kappa shape index (κ3) is 4.68. The van der Waals surface area contributed by atoms with Crippen LogP contribution in [0.1, 0.15) is 43.7 Å². The van der Waals surface area contributed by atoms with Gasteiger partial charge in [-0.3, -0.25) is 4.90 Å². The van der Waals surface area contributed by atoms with E-state index in [0.29, 0.717) is 12.6 Å². The third-order valence-electron chi connectivity index (χ3n) is 10.5. The highest BCUT2D eigenvalue weighted by Gasteiger charge is 2.53. The molecule has 8 rings (SSSR count). The number of alkyl halides is 5. The van der Waals surface area contributed by atoms with Crippen molar-refractivity contribution in [3.63, 3.8) is 0 Å². The van der Waals surface area contributed by atoms with E-state index in [1.54, 1.807) is 11.8 Å². The van der Waals surface area contributed by atoms with Crippen molar-refractivity contribution < 1.29 is 40.2 Å². The summed E-state index contributed by atoms with van der Waals surface area (Å²) in [5.41, 5.74) is -0.0444. The Kier molecular flexibility index (Phi) is 6.80. The van der Waals surface area contributed by atoms with Crippen LogP contribution in [0.15, 0.2) is 6.07 Å². The van der Waals surface area contributed by atoms with Gasteiger partial charge in [0.1, 0.15) is 53.3 Å². The number of benzene rings is 1. The minimum atomic E-state index is -5.09. The first kappa shape index (κ1) is 30.7. The third-order valence-corrected chi connectivity index (χ3v) is 10.5. The van der Waals surface area contributed by atoms with Gasteiger partial charge < -0.3 is 25.4 Å². The maximum Gasteiger partial charge on any atom is 0.417 e. The molecule has 252 valence electrons. The zero-order valence-corrected chi connectivity index (χ0v) is 25.5. The molecule has 5 aliphatic heterocycles. The summed E-state index contributed by atoms with van der Waals surface area (Å²) >= 11 is 0. The van der Waals surface area contributed by atoms with Crippen molar-refractivity contribution in [1.82, 2.24) is 25.2 Å². The predicted octanol–water partition coefficient (Wildman–Crippen LogP) is 4.87. The number of hydrogen-bond donors (Lipinski definition) is 2. The van der Waals surface area contributed by atoms with Gasteiger partial charge in [-0.15, -0.1) is 0 Å². The minimum absolute atomic E-state index is 0.0273. The summed E-state index contributed by atoms with van der Waals surface area (Å²) < 4.78 is 116. The summed E-state index contributed by atoms with van der Waals surface area (Å²) in [6.45, 7) is 3.11. The lowest BCUT2D eigenvalue weighted by atomic mass is 9.94. The van der Waals surface area contributed by atoms with E-state index in [1.807, 2.05) is 4.90 Å². The van der Waals surface area contributed by atoms with E-state index in [2.05, 4.69) is 20.3 Å². The molecular formula is C31H32F7N7O2. The Balaban J connectivity index is 1.33. The van der Waals surface area contributed by atoms with Crippen LogP contribution >= 0.6 is 0 Å². The maximum atomic E-state index is 16.8. The molecule has 2 bridgehead atoms. The number of ether oxygens (including phenoxy) is 2. The Bertz CT molecular complexity index is 1780. The van der Waals surface area contributed by atoms with Gasteiger partial charge in [-0.1, -0.05) is 0 Å². The number of nitrogen functional groups attached to an aromatic ring is 1. The Morgan fingerprint density at radius 1 is 1.06 bits per heavy atom. The molecule has 0 amide bonds. The maximum absolute atomic E-state index is 16.8. The second-order valence-electron chi connectivity index (χ2n) is 13.5. The lowest BCUT2D eigenvalue weighted by Gasteiger charge is -2.42. The molecule has 9 nitrogen and oxygen atoms in total. The smallest absolute Gasteiger partial charge is 0.417 e. The summed E-state index contributed by atoms with van der Waals surface area (Å²) in [6.07, 6.45) is -6.21. The summed E-state index contributed by atoms with van der Waals surface area (Å²) in [5, 5.41) is 3.61. The number of fused-ring (bicyclic) bond motifs is 6. The molecule has 3 N–H and O–H groups in total. The fraction of sp³-hybridized carbons (Fsp3) is 0.581. The van der Waals surface area contributed by atoms with E-state index in [1.165, 1.54) is 0 Å². The molecule has 3 aromatic rings. The van der Waals surface area contributed by atoms with Gasteiger partial charge in [0.05, 0.1) is 22.8 Å². The molecular weight excluding hydrogens is 635 g/mol. The molecule has 0 saturated carbocycles. The zero-order chi connectivity index (χ0) is 33.2. The van der Waals surface area contributed by atoms with Crippen molar-refractivity contribution in [2.24, 2.45) is 0 Å². The van der Waals surface area contributed by atoms with Gasteiger partial charge in [-0.2, -0.15) is 23.1 Å². The Labute approximate surface area is 264 Å². The highest BCUT2D eigenvalue weighted by atomic mass is 19.4. The van der Waals surface area contributed by atoms with Gasteiger partial charge in [-0.25, -0.2) is 22.5 Å². The molecule has 0 radical (unpaired) electrons. The van der Waals surface area contributed by atoms with E-state index in [4.69, 9.17) is 15.2 Å². The molecule has 4 saturated heterocycles. The van der Waals surface area contributed by atoms with Crippen molar-refractivity contribution in [3.8, 4) is 23.1 Å². The van der Waals surface area contributed by atoms with Crippen molar-refractivity contribution >= 4 is 22.4 Å². The Morgan fingerprint density at radius 2 is 1.79 bits per heavy atom. The number of aromatic nitrogens is 3. The van der Waals surface area contributed by atoms with Crippen LogP contribution in [0.5, 0.6) is 11.9 Å². The molecule has 2 aromatic heterocycles. The number of piperazine rings is 1. The number of halogens is 7. The van der Waals surface area contributed by atoms with E-state index < -0.39 is 75.4 Å². The zero-order valence-electron chi connectivity index (χ0n) is 25.5. The van der Waals surface area contributed by atoms with Crippen molar-refractivity contribution in [2.45, 2.75) is 87.8 Å². The monoisotopic (exact) mass is 667 g/mol. The Morgan fingerprint density at radius 3 is 2.49 bits per heavy atom. The number of nitrogens with two attached hydrogens (primary N) is 1. The van der Waals surface area contributed by atoms with Crippen LogP contribution in [0, 0.1) is 18.6 Å². The van der Waals surface area contributed by atoms with E-state index in [9.17, 15) is 26.3 Å². The number of pyridine rings is 1. The topological polar surface area (TPSA) is 102 Å². The first-order chi connectivity index (χ1) is 22.2. The molecule has 5 aliphatic rings. The van der Waals surface area contributed by atoms with Crippen LogP contribution in [-0.2, 0) is 6.18 Å². The molecule has 1 aromatic carbocycles. The number of nitrogens with one attached hydrogen (secondary N) is 1. The molecule has 4 fully saturated rings. The van der Waals surface area contributed by atoms with Crippen LogP contribution in [0.3, 0.4) is 0 Å². The largest absolute Gasteiger partial charge is 0.472 e. The van der Waals surface area contributed by atoms with Gasteiger partial charge in [0.25, 0.3) is 0 Å². The van der Waals surface area contributed by atoms with Crippen LogP contribution in [0.4, 0.5) is 42.2 Å². The number of rotatable bonds is 4. The summed E-state index contributed by atoms with van der Waals surface area (Å²) in [6, 6.07) is 0.158. The molecule has 47 heavy (non-hydrogen) atoms. The molecule has 0 aliphatic carbocycles. The lowest BCUT2D eigenvalue weighted by Crippen LogP contribution is -2.62. The molecule has 7 heterocycles. The second-order valence-corrected chi connectivity index (χ2v) is 13.5. The molecule has 16 heteroatoms. The summed E-state index contributed by atoms with van der Waals surface area (Å²) in [7, 11) is 0. The summed E-state index contributed by atoms with van der Waals surface area (Å²) in [5.74, 6) is -2.48. The van der Waals surface area contributed by atoms with Crippen molar-refractivity contribution in [2.75, 3.05) is 36.9 Å². The van der Waals surface area contributed by atoms with Crippen LogP contribution in [-0.4, -0.2) is 88.2 Å². The first-order valence-corrected chi connectivity index (χ1v) is 15.7. The highest BCUT2D eigenvalue weighted by Crippen LogP contribution is 2.48. The Hall–Kier alpha value is -3.66. The van der Waals surface area contributed by atoms with Crippen molar-refractivity contribution in [1.29, 1.82) is 0 Å². The fourth-order valence-electron chi connectivity index (χ4n) is 8.55. The molecule has 0 spiro atoms. The second kappa shape index (κ2) is 10.4. The number of hydrogen-bond acceptors (Lipinski definition) is 9. The predicted molar refractivity (Wildman–Crippen MR) is 157 cm³/mol. The fourth-order valence-corrected chi connectivity index (χ4v) is 8.55. The average Bonchev–Trinajstić information content (AvgIpc) is 3.59. The SMILES string of the molecule is Cc1c(F)c(N)cc(-c2nc3c4c(nc(OC[C@@]56C[C@H](F)CN5C[C@H](F)C6)nc4c2F)N2C[C@H]4CC[C@H](N4)[C@H]2[C@H](C)O3)c1C(F)(F)F. The standard InChI is InChI=1S/C31H32F7N7O2/c1-12-21(31(36,37)38)17(5-18(39)22(12)34)24-23(35)25-20-27(45-10-16-3-4-19(40-16)26(45)13(2)47-28(20)41-24)43-29(42-25)46-11-30-6-14(32)8-44(30)9-15(33)7-30/h5,13-16,19,26,40H,3-4,6-11,39H2,1-2H3/t13-,14-,15+,16+,19-,26+,30-/m0/s1. The highest BCUT2D eigenvalue weighted by molar-refractivity contribution is 5.97. The number of anilines is 2. The lowest BCUT2D eigenvalue weighted by molar-refractivity contribution is -0.137. The number of nitrogens with zero attached hydrogens (tertiary/aromatic N) is 5. The molecule has 0 unspecified atom stereocenters. The van der Waals surface area contributed by atoms with E-state index in [0.717, 1.165) is 19.8 Å². The normalized spacial score (nSPS) is 31.6. The van der Waals surface area contributed by atoms with E-state index >= 15 is 4.39 Å². The van der Waals surface area contributed by atoms with Gasteiger partial charge in [-0.05, 0) is 38.3 Å². The van der Waals surface area contributed by atoms with E-state index in [-0.39, 0.29) is 73.8 Å². The first-order valence-electron chi connectivity index (χ1n) is 15.7. The van der Waals surface area contributed by atoms with Gasteiger partial charge in [0.2, 0.25) is 5.88 Å². The quantitative estimate of drug-likeness (QED) is 0.298. The van der Waals surface area contributed by atoms with Gasteiger partial charge >= 0.3 is 12.2 Å². The summed E-state index contributed by atoms with van der Waals surface area (Å²) in [4.78, 5) is 17.0. The van der Waals surface area contributed by atoms with Crippen molar-refractivity contribution in [3.05, 3.63) is 28.8 Å². The van der Waals surface area contributed by atoms with Crippen LogP contribution in [0.25, 0.3) is 22.2 Å². The van der Waals surface area contributed by atoms with Gasteiger partial charge in [0, 0.05) is 50.1 Å². The molecule has 7 atom stereocenters.